The van der Waals surface area contributed by atoms with Gasteiger partial charge in [0.05, 0.1) is 58.1 Å². The lowest BCUT2D eigenvalue weighted by Crippen LogP contribution is -2.29. The molecule has 1 aromatic heterocycles. The Morgan fingerprint density at radius 3 is 2.24 bits per heavy atom. The average Bonchev–Trinajstić information content (AvgIpc) is 3.81. The molecule has 0 bridgehead atoms. The van der Waals surface area contributed by atoms with Crippen LogP contribution in [-0.4, -0.2) is 71.5 Å². The van der Waals surface area contributed by atoms with Gasteiger partial charge in [0.25, 0.3) is 11.8 Å². The predicted molar refractivity (Wildman–Crippen MR) is 190 cm³/mol. The van der Waals surface area contributed by atoms with Crippen LogP contribution in [0.1, 0.15) is 39.8 Å². The number of nitrogens with zero attached hydrogens (tertiary/aromatic N) is 5. The van der Waals surface area contributed by atoms with Crippen molar-refractivity contribution < 1.29 is 28.5 Å². The lowest BCUT2D eigenvalue weighted by molar-refractivity contribution is -0.130. The Hall–Kier alpha value is -5.82. The first-order valence-corrected chi connectivity index (χ1v) is 16.7. The molecule has 0 saturated heterocycles. The number of benzene rings is 4. The second-order valence-corrected chi connectivity index (χ2v) is 12.0. The molecule has 1 aliphatic rings. The Labute approximate surface area is 294 Å². The molecule has 1 aliphatic heterocycles. The van der Waals surface area contributed by atoms with E-state index in [1.54, 1.807) is 45.6 Å². The van der Waals surface area contributed by atoms with Gasteiger partial charge < -0.3 is 24.3 Å². The number of amides is 2. The van der Waals surface area contributed by atoms with Crippen molar-refractivity contribution in [1.29, 1.82) is 0 Å². The number of nitrogens with one attached hydrogen (secondary N) is 1. The third kappa shape index (κ3) is 7.13. The van der Waals surface area contributed by atoms with E-state index in [0.29, 0.717) is 40.2 Å². The summed E-state index contributed by atoms with van der Waals surface area (Å²) in [6.45, 7) is 0.0899. The lowest BCUT2D eigenvalue weighted by Gasteiger charge is -2.24. The van der Waals surface area contributed by atoms with Gasteiger partial charge in [0, 0.05) is 17.7 Å². The normalized spacial score (nSPS) is 13.8. The summed E-state index contributed by atoms with van der Waals surface area (Å²) in [4.78, 5) is 27.2. The molecule has 5 aromatic rings. The fraction of sp³-hybridized carbons (Fsp3) is 0.216. The van der Waals surface area contributed by atoms with Gasteiger partial charge >= 0.3 is 0 Å². The summed E-state index contributed by atoms with van der Waals surface area (Å²) in [5, 5.41) is 18.6. The van der Waals surface area contributed by atoms with Crippen LogP contribution in [0.3, 0.4) is 0 Å². The Balaban J connectivity index is 1.27. The van der Waals surface area contributed by atoms with Gasteiger partial charge in [-0.3, -0.25) is 14.2 Å². The standard InChI is InChI=1S/C37H36N6O6S/c1-46-26-19-17-24(18-20-26)29-21-30(27-14-10-16-32(48-3)35(27)49-4)43(41-29)34(44)23-50-37-40-39-33(42(37)25-11-6-5-7-12-25)22-38-36(45)28-13-8-9-15-31(28)47-2/h5-20,30H,21-23H2,1-4H3,(H,38,45)/t30-/m0/s1. The molecule has 1 atom stereocenters. The van der Waals surface area contributed by atoms with Crippen molar-refractivity contribution in [1.82, 2.24) is 25.1 Å². The quantitative estimate of drug-likeness (QED) is 0.155. The van der Waals surface area contributed by atoms with Crippen LogP contribution in [0.2, 0.25) is 0 Å². The molecule has 0 radical (unpaired) electrons. The van der Waals surface area contributed by atoms with Crippen molar-refractivity contribution >= 4 is 29.3 Å². The minimum atomic E-state index is -0.446. The van der Waals surface area contributed by atoms with E-state index in [-0.39, 0.29) is 24.1 Å². The maximum atomic E-state index is 14.1. The van der Waals surface area contributed by atoms with Crippen LogP contribution in [0.15, 0.2) is 107 Å². The summed E-state index contributed by atoms with van der Waals surface area (Å²) < 4.78 is 23.9. The van der Waals surface area contributed by atoms with Crippen molar-refractivity contribution in [3.63, 3.8) is 0 Å². The van der Waals surface area contributed by atoms with E-state index in [4.69, 9.17) is 24.0 Å². The molecule has 0 aliphatic carbocycles. The van der Waals surface area contributed by atoms with Crippen LogP contribution in [-0.2, 0) is 11.3 Å². The van der Waals surface area contributed by atoms with Gasteiger partial charge in [-0.05, 0) is 60.2 Å². The van der Waals surface area contributed by atoms with Gasteiger partial charge in [0.15, 0.2) is 22.5 Å². The van der Waals surface area contributed by atoms with E-state index < -0.39 is 6.04 Å². The molecule has 4 aromatic carbocycles. The van der Waals surface area contributed by atoms with Crippen molar-refractivity contribution in [3.8, 4) is 28.7 Å². The van der Waals surface area contributed by atoms with Crippen LogP contribution in [0, 0.1) is 0 Å². The number of rotatable bonds is 13. The first-order valence-electron chi connectivity index (χ1n) is 15.7. The summed E-state index contributed by atoms with van der Waals surface area (Å²) in [5.41, 5.74) is 3.60. The highest BCUT2D eigenvalue weighted by Gasteiger charge is 2.36. The first kappa shape index (κ1) is 34.1. The molecule has 13 heteroatoms. The minimum absolute atomic E-state index is 0.0146. The molecule has 1 N–H and O–H groups in total. The number of hydrogen-bond donors (Lipinski definition) is 1. The second-order valence-electron chi connectivity index (χ2n) is 11.1. The van der Waals surface area contributed by atoms with E-state index in [9.17, 15) is 9.59 Å². The van der Waals surface area contributed by atoms with Crippen LogP contribution in [0.5, 0.6) is 23.0 Å². The molecule has 0 unspecified atom stereocenters. The maximum Gasteiger partial charge on any atom is 0.255 e. The van der Waals surface area contributed by atoms with Crippen LogP contribution in [0.25, 0.3) is 5.69 Å². The Morgan fingerprint density at radius 1 is 0.800 bits per heavy atom. The van der Waals surface area contributed by atoms with Crippen molar-refractivity contribution in [2.75, 3.05) is 34.2 Å². The van der Waals surface area contributed by atoms with Crippen molar-refractivity contribution in [3.05, 3.63) is 120 Å². The number of ether oxygens (including phenoxy) is 4. The average molecular weight is 693 g/mol. The zero-order valence-corrected chi connectivity index (χ0v) is 28.8. The fourth-order valence-corrected chi connectivity index (χ4v) is 6.56. The summed E-state index contributed by atoms with van der Waals surface area (Å²) in [7, 11) is 6.29. The molecule has 12 nitrogen and oxygen atoms in total. The topological polar surface area (TPSA) is 129 Å². The van der Waals surface area contributed by atoms with Gasteiger partial charge in [-0.15, -0.1) is 10.2 Å². The first-order chi connectivity index (χ1) is 24.4. The Bertz CT molecular complexity index is 2000. The number of hydrogen-bond acceptors (Lipinski definition) is 10. The van der Waals surface area contributed by atoms with Crippen LogP contribution >= 0.6 is 11.8 Å². The summed E-state index contributed by atoms with van der Waals surface area (Å²) in [5.74, 6) is 2.26. The van der Waals surface area contributed by atoms with Gasteiger partial charge in [-0.25, -0.2) is 5.01 Å². The largest absolute Gasteiger partial charge is 0.497 e. The molecule has 6 rings (SSSR count). The van der Waals surface area contributed by atoms with Gasteiger partial charge in [0.1, 0.15) is 11.5 Å². The SMILES string of the molecule is COc1ccc(C2=NN(C(=O)CSc3nnc(CNC(=O)c4ccccc4OC)n3-c3ccccc3)[C@H](c3cccc(OC)c3OC)C2)cc1. The number of hydrazone groups is 1. The monoisotopic (exact) mass is 692 g/mol. The lowest BCUT2D eigenvalue weighted by atomic mass is 9.97. The summed E-state index contributed by atoms with van der Waals surface area (Å²) in [6.07, 6.45) is 0.461. The fourth-order valence-electron chi connectivity index (χ4n) is 5.74. The predicted octanol–water partition coefficient (Wildman–Crippen LogP) is 5.70. The second kappa shape index (κ2) is 15.6. The number of aromatic nitrogens is 3. The molecular formula is C37H36N6O6S. The van der Waals surface area contributed by atoms with E-state index in [1.165, 1.54) is 23.9 Å². The molecule has 50 heavy (non-hydrogen) atoms. The number of carbonyl (C=O) groups excluding carboxylic acids is 2. The van der Waals surface area contributed by atoms with E-state index in [2.05, 4.69) is 15.5 Å². The van der Waals surface area contributed by atoms with Crippen LogP contribution < -0.4 is 24.3 Å². The molecule has 256 valence electrons. The number of methoxy groups -OCH3 is 4. The highest BCUT2D eigenvalue weighted by atomic mass is 32.2. The van der Waals surface area contributed by atoms with E-state index in [0.717, 1.165) is 28.3 Å². The Morgan fingerprint density at radius 2 is 1.52 bits per heavy atom. The van der Waals surface area contributed by atoms with Gasteiger partial charge in [-0.1, -0.05) is 54.2 Å². The minimum Gasteiger partial charge on any atom is -0.497 e. The summed E-state index contributed by atoms with van der Waals surface area (Å²) >= 11 is 1.23. The van der Waals surface area contributed by atoms with E-state index in [1.807, 2.05) is 77.4 Å². The zero-order valence-electron chi connectivity index (χ0n) is 28.0. The Kier molecular flexibility index (Phi) is 10.6. The third-order valence-corrected chi connectivity index (χ3v) is 9.09. The zero-order chi connectivity index (χ0) is 35.0. The van der Waals surface area contributed by atoms with E-state index >= 15 is 0 Å². The highest BCUT2D eigenvalue weighted by Crippen LogP contribution is 2.42. The molecule has 2 amide bonds. The van der Waals surface area contributed by atoms with Gasteiger partial charge in [0.2, 0.25) is 0 Å². The molecular weight excluding hydrogens is 657 g/mol. The molecule has 0 fully saturated rings. The smallest absolute Gasteiger partial charge is 0.255 e. The molecule has 0 saturated carbocycles. The number of carbonyl (C=O) groups is 2. The van der Waals surface area contributed by atoms with Crippen molar-refractivity contribution in [2.45, 2.75) is 24.2 Å². The number of para-hydroxylation sites is 3. The number of thioether (sulfide) groups is 1. The van der Waals surface area contributed by atoms with Gasteiger partial charge in [-0.2, -0.15) is 5.10 Å². The van der Waals surface area contributed by atoms with Crippen LogP contribution in [0.4, 0.5) is 0 Å². The maximum absolute atomic E-state index is 14.1. The summed E-state index contributed by atoms with van der Waals surface area (Å²) in [6, 6.07) is 29.3. The molecule has 0 spiro atoms. The van der Waals surface area contributed by atoms with Crippen molar-refractivity contribution in [2.24, 2.45) is 5.10 Å². The third-order valence-electron chi connectivity index (χ3n) is 8.18. The molecule has 2 heterocycles. The highest BCUT2D eigenvalue weighted by molar-refractivity contribution is 7.99.